The molecule has 0 aliphatic carbocycles. The van der Waals surface area contributed by atoms with E-state index in [2.05, 4.69) is 4.72 Å². The molecule has 1 amide bonds. The van der Waals surface area contributed by atoms with Crippen LogP contribution < -0.4 is 4.72 Å². The van der Waals surface area contributed by atoms with Crippen molar-refractivity contribution in [3.8, 4) is 0 Å². The first kappa shape index (κ1) is 27.2. The van der Waals surface area contributed by atoms with Crippen LogP contribution in [0.5, 0.6) is 0 Å². The first-order valence-corrected chi connectivity index (χ1v) is 14.6. The molecule has 8 nitrogen and oxygen atoms in total. The topological polar surface area (TPSA) is 110 Å². The Hall–Kier alpha value is -2.43. The molecule has 0 radical (unpaired) electrons. The van der Waals surface area contributed by atoms with E-state index in [9.17, 15) is 21.6 Å². The Balaban J connectivity index is 1.83. The average molecular weight is 523 g/mol. The summed E-state index contributed by atoms with van der Waals surface area (Å²) in [6.07, 6.45) is 0.439. The number of ether oxygens (including phenoxy) is 1. The van der Waals surface area contributed by atoms with Crippen molar-refractivity contribution in [3.63, 3.8) is 0 Å². The van der Waals surface area contributed by atoms with Crippen molar-refractivity contribution in [2.24, 2.45) is 0 Å². The summed E-state index contributed by atoms with van der Waals surface area (Å²) in [5.74, 6) is -0.135. The monoisotopic (exact) mass is 522 g/mol. The Morgan fingerprint density at radius 3 is 2.11 bits per heavy atom. The summed E-state index contributed by atoms with van der Waals surface area (Å²) in [6.45, 7) is 9.83. The van der Waals surface area contributed by atoms with E-state index < -0.39 is 31.6 Å². The van der Waals surface area contributed by atoms with Crippen LogP contribution in [0.25, 0.3) is 0 Å². The summed E-state index contributed by atoms with van der Waals surface area (Å²) in [4.78, 5) is 13.9. The summed E-state index contributed by atoms with van der Waals surface area (Å²) < 4.78 is 61.2. The minimum atomic E-state index is -4.02. The summed E-state index contributed by atoms with van der Waals surface area (Å²) in [6, 6.07) is 11.8. The predicted molar refractivity (Wildman–Crippen MR) is 134 cm³/mol. The number of hydrogen-bond donors (Lipinski definition) is 1. The van der Waals surface area contributed by atoms with Gasteiger partial charge in [0.05, 0.1) is 14.7 Å². The molecule has 10 heteroatoms. The molecule has 0 saturated carbocycles. The normalized spacial score (nSPS) is 15.9. The largest absolute Gasteiger partial charge is 0.444 e. The number of carbonyl (C=O) groups is 1. The Kier molecular flexibility index (Phi) is 7.98. The van der Waals surface area contributed by atoms with Crippen LogP contribution >= 0.6 is 0 Å². The number of sulfonamides is 1. The highest BCUT2D eigenvalue weighted by molar-refractivity contribution is 7.91. The number of likely N-dealkylation sites (tertiary alicyclic amines) is 1. The van der Waals surface area contributed by atoms with Gasteiger partial charge in [0, 0.05) is 19.1 Å². The van der Waals surface area contributed by atoms with Gasteiger partial charge in [-0.2, -0.15) is 0 Å². The Bertz CT molecular complexity index is 1260. The van der Waals surface area contributed by atoms with Gasteiger partial charge in [0.2, 0.25) is 19.9 Å². The van der Waals surface area contributed by atoms with E-state index >= 15 is 0 Å². The van der Waals surface area contributed by atoms with Crippen molar-refractivity contribution in [1.29, 1.82) is 0 Å². The van der Waals surface area contributed by atoms with Crippen LogP contribution in [0, 0.1) is 0 Å². The molecular formula is C25H34N2O6S2. The molecule has 3 rings (SSSR count). The lowest BCUT2D eigenvalue weighted by atomic mass is 10.0. The first-order chi connectivity index (χ1) is 16.2. The number of benzene rings is 2. The van der Waals surface area contributed by atoms with Gasteiger partial charge in [-0.15, -0.1) is 0 Å². The minimum absolute atomic E-state index is 0.0425. The van der Waals surface area contributed by atoms with E-state index in [1.165, 1.54) is 24.3 Å². The predicted octanol–water partition coefficient (Wildman–Crippen LogP) is 4.32. The Labute approximate surface area is 208 Å². The van der Waals surface area contributed by atoms with Crippen LogP contribution in [0.15, 0.2) is 63.2 Å². The second-order valence-corrected chi connectivity index (χ2v) is 13.7. The van der Waals surface area contributed by atoms with E-state index in [0.29, 0.717) is 31.5 Å². The van der Waals surface area contributed by atoms with Gasteiger partial charge >= 0.3 is 6.09 Å². The fourth-order valence-electron chi connectivity index (χ4n) is 3.92. The molecule has 1 fully saturated rings. The number of sulfone groups is 1. The zero-order chi connectivity index (χ0) is 26.0. The fraction of sp³-hybridized carbons (Fsp3) is 0.480. The molecule has 0 unspecified atom stereocenters. The van der Waals surface area contributed by atoms with Crippen molar-refractivity contribution in [2.45, 2.75) is 79.7 Å². The van der Waals surface area contributed by atoms with Gasteiger partial charge in [-0.05, 0) is 69.4 Å². The first-order valence-electron chi connectivity index (χ1n) is 11.6. The van der Waals surface area contributed by atoms with Crippen molar-refractivity contribution < 1.29 is 26.4 Å². The average Bonchev–Trinajstić information content (AvgIpc) is 2.78. The van der Waals surface area contributed by atoms with Crippen molar-refractivity contribution >= 4 is 26.0 Å². The number of hydrogen-bond acceptors (Lipinski definition) is 6. The maximum absolute atomic E-state index is 13.4. The summed E-state index contributed by atoms with van der Waals surface area (Å²) in [5, 5.41) is 0. The van der Waals surface area contributed by atoms with Gasteiger partial charge in [-0.25, -0.2) is 26.4 Å². The standard InChI is InChI=1S/C25H34N2O6S2/c1-18(2)22-12-11-21(34(29,30)20-9-7-6-8-10-20)17-23(22)35(31,32)26-19-13-15-27(16-14-19)24(28)33-25(3,4)5/h6-12,17-19,26H,13-16H2,1-5H3. The van der Waals surface area contributed by atoms with E-state index in [4.69, 9.17) is 4.74 Å². The third-order valence-electron chi connectivity index (χ3n) is 5.73. The number of rotatable bonds is 6. The molecule has 1 heterocycles. The van der Waals surface area contributed by atoms with Crippen molar-refractivity contribution in [3.05, 3.63) is 54.1 Å². The SMILES string of the molecule is CC(C)c1ccc(S(=O)(=O)c2ccccc2)cc1S(=O)(=O)NC1CCN(C(=O)OC(C)(C)C)CC1. The minimum Gasteiger partial charge on any atom is -0.444 e. The highest BCUT2D eigenvalue weighted by Crippen LogP contribution is 2.30. The van der Waals surface area contributed by atoms with Crippen molar-refractivity contribution in [2.75, 3.05) is 13.1 Å². The van der Waals surface area contributed by atoms with Gasteiger partial charge in [-0.1, -0.05) is 38.1 Å². The molecule has 0 atom stereocenters. The second kappa shape index (κ2) is 10.3. The Morgan fingerprint density at radius 2 is 1.57 bits per heavy atom. The van der Waals surface area contributed by atoms with Crippen LogP contribution in [-0.4, -0.2) is 52.6 Å². The molecular weight excluding hydrogens is 488 g/mol. The molecule has 35 heavy (non-hydrogen) atoms. The smallest absolute Gasteiger partial charge is 0.410 e. The van der Waals surface area contributed by atoms with Gasteiger partial charge in [0.1, 0.15) is 5.60 Å². The molecule has 1 aliphatic rings. The number of amides is 1. The molecule has 0 bridgehead atoms. The van der Waals surface area contributed by atoms with E-state index in [0.717, 1.165) is 0 Å². The van der Waals surface area contributed by atoms with Crippen LogP contribution in [0.3, 0.4) is 0 Å². The molecule has 1 aliphatic heterocycles. The lowest BCUT2D eigenvalue weighted by Gasteiger charge is -2.33. The van der Waals surface area contributed by atoms with Gasteiger partial charge in [0.25, 0.3) is 0 Å². The number of carbonyl (C=O) groups excluding carboxylic acids is 1. The van der Waals surface area contributed by atoms with Gasteiger partial charge < -0.3 is 9.64 Å². The molecule has 2 aromatic rings. The second-order valence-electron chi connectivity index (χ2n) is 10.0. The summed E-state index contributed by atoms with van der Waals surface area (Å²) in [7, 11) is -7.90. The van der Waals surface area contributed by atoms with E-state index in [1.54, 1.807) is 49.9 Å². The highest BCUT2D eigenvalue weighted by atomic mass is 32.2. The highest BCUT2D eigenvalue weighted by Gasteiger charge is 2.31. The molecule has 2 aromatic carbocycles. The molecule has 192 valence electrons. The number of nitrogens with one attached hydrogen (secondary N) is 1. The fourth-order valence-corrected chi connectivity index (χ4v) is 7.00. The number of nitrogens with zero attached hydrogens (tertiary/aromatic N) is 1. The lowest BCUT2D eigenvalue weighted by molar-refractivity contribution is 0.0203. The number of piperidine rings is 1. The van der Waals surface area contributed by atoms with Crippen LogP contribution in [0.2, 0.25) is 0 Å². The zero-order valence-electron chi connectivity index (χ0n) is 20.8. The zero-order valence-corrected chi connectivity index (χ0v) is 22.4. The van der Waals surface area contributed by atoms with Gasteiger partial charge in [0.15, 0.2) is 0 Å². The van der Waals surface area contributed by atoms with Crippen LogP contribution in [0.4, 0.5) is 4.79 Å². The maximum atomic E-state index is 13.4. The van der Waals surface area contributed by atoms with Crippen LogP contribution in [-0.2, 0) is 24.6 Å². The Morgan fingerprint density at radius 1 is 0.971 bits per heavy atom. The summed E-state index contributed by atoms with van der Waals surface area (Å²) >= 11 is 0. The molecule has 1 N–H and O–H groups in total. The molecule has 0 spiro atoms. The van der Waals surface area contributed by atoms with Gasteiger partial charge in [-0.3, -0.25) is 0 Å². The lowest BCUT2D eigenvalue weighted by Crippen LogP contribution is -2.47. The third kappa shape index (κ3) is 6.62. The van der Waals surface area contributed by atoms with E-state index in [-0.39, 0.29) is 26.6 Å². The quantitative estimate of drug-likeness (QED) is 0.605. The molecule has 1 saturated heterocycles. The van der Waals surface area contributed by atoms with Crippen LogP contribution in [0.1, 0.15) is 58.9 Å². The molecule has 0 aromatic heterocycles. The van der Waals surface area contributed by atoms with E-state index in [1.807, 2.05) is 13.8 Å². The third-order valence-corrected chi connectivity index (χ3v) is 9.07. The van der Waals surface area contributed by atoms with Crippen molar-refractivity contribution in [1.82, 2.24) is 9.62 Å². The summed E-state index contributed by atoms with van der Waals surface area (Å²) in [5.41, 5.74) is -0.0656. The maximum Gasteiger partial charge on any atom is 0.410 e.